The van der Waals surface area contributed by atoms with E-state index in [4.69, 9.17) is 4.74 Å². The van der Waals surface area contributed by atoms with E-state index in [0.717, 1.165) is 16.9 Å². The molecular formula is C15H20N2OS. The van der Waals surface area contributed by atoms with E-state index < -0.39 is 0 Å². The summed E-state index contributed by atoms with van der Waals surface area (Å²) in [7, 11) is 1.82. The second-order valence-electron chi connectivity index (χ2n) is 5.28. The summed E-state index contributed by atoms with van der Waals surface area (Å²) in [6, 6.07) is 7.00. The summed E-state index contributed by atoms with van der Waals surface area (Å²) in [6.07, 6.45) is 5.20. The highest BCUT2D eigenvalue weighted by Crippen LogP contribution is 2.28. The highest BCUT2D eigenvalue weighted by Gasteiger charge is 2.21. The van der Waals surface area contributed by atoms with Crippen LogP contribution >= 0.6 is 11.3 Å². The predicted octanol–water partition coefficient (Wildman–Crippen LogP) is 3.97. The molecule has 1 N–H and O–H groups in total. The number of hydrogen-bond donors (Lipinski definition) is 1. The summed E-state index contributed by atoms with van der Waals surface area (Å²) in [5, 5.41) is 4.77. The first-order valence-corrected chi connectivity index (χ1v) is 7.73. The molecule has 2 atom stereocenters. The van der Waals surface area contributed by atoms with Crippen molar-refractivity contribution in [3.8, 4) is 0 Å². The predicted molar refractivity (Wildman–Crippen MR) is 81.0 cm³/mol. The Labute approximate surface area is 118 Å². The molecule has 1 saturated carbocycles. The Balaban J connectivity index is 1.73. The van der Waals surface area contributed by atoms with Crippen LogP contribution in [-0.4, -0.2) is 24.2 Å². The quantitative estimate of drug-likeness (QED) is 0.921. The van der Waals surface area contributed by atoms with Crippen molar-refractivity contribution in [1.29, 1.82) is 0 Å². The molecule has 102 valence electrons. The molecule has 2 aromatic rings. The van der Waals surface area contributed by atoms with Crippen LogP contribution in [-0.2, 0) is 4.74 Å². The van der Waals surface area contributed by atoms with E-state index in [-0.39, 0.29) is 0 Å². The Morgan fingerprint density at radius 3 is 3.11 bits per heavy atom. The minimum Gasteiger partial charge on any atom is -0.382 e. The maximum absolute atomic E-state index is 5.48. The molecule has 3 nitrogen and oxygen atoms in total. The standard InChI is InChI=1S/C15H20N2OS/c1-10-16-14-7-6-12(9-15(14)19-10)17-11-4-3-5-13(8-11)18-2/h6-7,9,11,13,17H,3-5,8H2,1-2H3. The lowest BCUT2D eigenvalue weighted by Gasteiger charge is -2.29. The molecule has 19 heavy (non-hydrogen) atoms. The van der Waals surface area contributed by atoms with Crippen LogP contribution in [0.15, 0.2) is 18.2 Å². The van der Waals surface area contributed by atoms with Gasteiger partial charge in [0.15, 0.2) is 0 Å². The zero-order valence-electron chi connectivity index (χ0n) is 11.5. The van der Waals surface area contributed by atoms with E-state index in [9.17, 15) is 0 Å². The number of nitrogens with one attached hydrogen (secondary N) is 1. The fraction of sp³-hybridized carbons (Fsp3) is 0.533. The zero-order chi connectivity index (χ0) is 13.2. The van der Waals surface area contributed by atoms with Gasteiger partial charge in [-0.2, -0.15) is 0 Å². The summed E-state index contributed by atoms with van der Waals surface area (Å²) < 4.78 is 6.75. The monoisotopic (exact) mass is 276 g/mol. The van der Waals surface area contributed by atoms with Crippen molar-refractivity contribution >= 4 is 27.2 Å². The molecule has 0 amide bonds. The van der Waals surface area contributed by atoms with Gasteiger partial charge in [-0.1, -0.05) is 0 Å². The Morgan fingerprint density at radius 2 is 2.26 bits per heavy atom. The van der Waals surface area contributed by atoms with Gasteiger partial charge in [-0.15, -0.1) is 11.3 Å². The fourth-order valence-electron chi connectivity index (χ4n) is 2.86. The number of ether oxygens (including phenoxy) is 1. The lowest BCUT2D eigenvalue weighted by Crippen LogP contribution is -2.30. The van der Waals surface area contributed by atoms with E-state index in [2.05, 4.69) is 35.4 Å². The van der Waals surface area contributed by atoms with Crippen LogP contribution in [0.25, 0.3) is 10.2 Å². The third-order valence-corrected chi connectivity index (χ3v) is 4.76. The van der Waals surface area contributed by atoms with Crippen LogP contribution < -0.4 is 5.32 Å². The third-order valence-electron chi connectivity index (χ3n) is 3.83. The first-order chi connectivity index (χ1) is 9.24. The Hall–Kier alpha value is -1.13. The Bertz CT molecular complexity index is 566. The van der Waals surface area contributed by atoms with Gasteiger partial charge >= 0.3 is 0 Å². The lowest BCUT2D eigenvalue weighted by atomic mass is 9.92. The Morgan fingerprint density at radius 1 is 1.37 bits per heavy atom. The first-order valence-electron chi connectivity index (χ1n) is 6.91. The highest BCUT2D eigenvalue weighted by atomic mass is 32.1. The van der Waals surface area contributed by atoms with Gasteiger partial charge in [-0.25, -0.2) is 4.98 Å². The van der Waals surface area contributed by atoms with Crippen LogP contribution in [0.2, 0.25) is 0 Å². The van der Waals surface area contributed by atoms with Crippen LogP contribution in [0, 0.1) is 6.92 Å². The van der Waals surface area contributed by atoms with Gasteiger partial charge in [0.05, 0.1) is 21.3 Å². The molecule has 0 radical (unpaired) electrons. The van der Waals surface area contributed by atoms with Crippen LogP contribution in [0.1, 0.15) is 30.7 Å². The van der Waals surface area contributed by atoms with Gasteiger partial charge in [-0.3, -0.25) is 0 Å². The van der Waals surface area contributed by atoms with Gasteiger partial charge < -0.3 is 10.1 Å². The average Bonchev–Trinajstić information content (AvgIpc) is 2.78. The van der Waals surface area contributed by atoms with Crippen molar-refractivity contribution in [2.75, 3.05) is 12.4 Å². The molecule has 2 unspecified atom stereocenters. The average molecular weight is 276 g/mol. The Kier molecular flexibility index (Phi) is 3.71. The van der Waals surface area contributed by atoms with Crippen molar-refractivity contribution in [2.45, 2.75) is 44.8 Å². The molecule has 0 saturated heterocycles. The third kappa shape index (κ3) is 2.90. The number of aryl methyl sites for hydroxylation is 1. The normalized spacial score (nSPS) is 23.7. The molecule has 4 heteroatoms. The SMILES string of the molecule is COC1CCCC(Nc2ccc3nc(C)sc3c2)C1. The molecule has 1 aromatic heterocycles. The largest absolute Gasteiger partial charge is 0.382 e. The molecule has 1 aromatic carbocycles. The van der Waals surface area contributed by atoms with Crippen molar-refractivity contribution in [3.05, 3.63) is 23.2 Å². The summed E-state index contributed by atoms with van der Waals surface area (Å²) in [5.74, 6) is 0. The summed E-state index contributed by atoms with van der Waals surface area (Å²) in [4.78, 5) is 4.50. The maximum Gasteiger partial charge on any atom is 0.0907 e. The van der Waals surface area contributed by atoms with Gasteiger partial charge in [0.25, 0.3) is 0 Å². The fourth-order valence-corrected chi connectivity index (χ4v) is 3.72. The maximum atomic E-state index is 5.48. The number of aromatic nitrogens is 1. The number of benzene rings is 1. The number of nitrogens with zero attached hydrogens (tertiary/aromatic N) is 1. The number of anilines is 1. The topological polar surface area (TPSA) is 34.1 Å². The van der Waals surface area contributed by atoms with Crippen molar-refractivity contribution in [3.63, 3.8) is 0 Å². The first kappa shape index (κ1) is 12.9. The van der Waals surface area contributed by atoms with Crippen LogP contribution in [0.4, 0.5) is 5.69 Å². The molecule has 1 aliphatic carbocycles. The van der Waals surface area contributed by atoms with E-state index >= 15 is 0 Å². The number of thiazole rings is 1. The smallest absolute Gasteiger partial charge is 0.0907 e. The molecule has 0 aliphatic heterocycles. The second-order valence-corrected chi connectivity index (χ2v) is 6.52. The molecule has 0 bridgehead atoms. The van der Waals surface area contributed by atoms with Gasteiger partial charge in [-0.05, 0) is 50.8 Å². The van der Waals surface area contributed by atoms with Crippen LogP contribution in [0.5, 0.6) is 0 Å². The van der Waals surface area contributed by atoms with E-state index in [0.29, 0.717) is 12.1 Å². The molecule has 1 aliphatic rings. The summed E-state index contributed by atoms with van der Waals surface area (Å²) >= 11 is 1.76. The zero-order valence-corrected chi connectivity index (χ0v) is 12.3. The lowest BCUT2D eigenvalue weighted by molar-refractivity contribution is 0.0669. The minimum absolute atomic E-state index is 0.417. The summed E-state index contributed by atoms with van der Waals surface area (Å²) in [5.41, 5.74) is 2.31. The molecule has 0 spiro atoms. The number of hydrogen-bond acceptors (Lipinski definition) is 4. The van der Waals surface area contributed by atoms with Crippen molar-refractivity contribution in [1.82, 2.24) is 4.98 Å². The van der Waals surface area contributed by atoms with Crippen molar-refractivity contribution < 1.29 is 4.74 Å². The number of rotatable bonds is 3. The van der Waals surface area contributed by atoms with E-state index in [1.54, 1.807) is 11.3 Å². The number of methoxy groups -OCH3 is 1. The number of fused-ring (bicyclic) bond motifs is 1. The molecule has 1 heterocycles. The molecule has 1 fully saturated rings. The highest BCUT2D eigenvalue weighted by molar-refractivity contribution is 7.18. The van der Waals surface area contributed by atoms with Gasteiger partial charge in [0.1, 0.15) is 0 Å². The van der Waals surface area contributed by atoms with Gasteiger partial charge in [0, 0.05) is 18.8 Å². The van der Waals surface area contributed by atoms with Crippen LogP contribution in [0.3, 0.4) is 0 Å². The minimum atomic E-state index is 0.417. The van der Waals surface area contributed by atoms with Crippen molar-refractivity contribution in [2.24, 2.45) is 0 Å². The van der Waals surface area contributed by atoms with E-state index in [1.165, 1.54) is 29.6 Å². The summed E-state index contributed by atoms with van der Waals surface area (Å²) in [6.45, 7) is 2.06. The second kappa shape index (κ2) is 5.47. The molecule has 3 rings (SSSR count). The molecular weight excluding hydrogens is 256 g/mol. The van der Waals surface area contributed by atoms with E-state index in [1.807, 2.05) is 7.11 Å². The van der Waals surface area contributed by atoms with Gasteiger partial charge in [0.2, 0.25) is 0 Å².